The number of rotatable bonds is 3. The Labute approximate surface area is 171 Å². The number of alkyl halides is 3. The van der Waals surface area contributed by atoms with Gasteiger partial charge in [0.05, 0.1) is 16.9 Å². The van der Waals surface area contributed by atoms with Crippen LogP contribution in [-0.2, 0) is 11.0 Å². The SMILES string of the molecule is Cc1ccccc1C(=O)Nc1cc(C(F)(F)F)ccc1N1C(=O)N(C)C(C)(C)C1=O. The summed E-state index contributed by atoms with van der Waals surface area (Å²) in [5, 5.41) is 2.44. The van der Waals surface area contributed by atoms with Gasteiger partial charge in [0.1, 0.15) is 5.54 Å². The van der Waals surface area contributed by atoms with Crippen LogP contribution in [-0.4, -0.2) is 35.3 Å². The Balaban J connectivity index is 2.11. The zero-order chi connectivity index (χ0) is 22.4. The maximum absolute atomic E-state index is 13.3. The number of aryl methyl sites for hydroxylation is 1. The largest absolute Gasteiger partial charge is 0.416 e. The number of benzene rings is 2. The highest BCUT2D eigenvalue weighted by Gasteiger charge is 2.50. The molecule has 0 atom stereocenters. The number of halogens is 3. The number of imide groups is 1. The van der Waals surface area contributed by atoms with E-state index in [4.69, 9.17) is 0 Å². The van der Waals surface area contributed by atoms with Gasteiger partial charge in [-0.2, -0.15) is 13.2 Å². The average Bonchev–Trinajstić information content (AvgIpc) is 2.81. The minimum Gasteiger partial charge on any atom is -0.320 e. The van der Waals surface area contributed by atoms with Crippen molar-refractivity contribution in [3.05, 3.63) is 59.2 Å². The summed E-state index contributed by atoms with van der Waals surface area (Å²) in [5.74, 6) is -1.26. The van der Waals surface area contributed by atoms with Gasteiger partial charge < -0.3 is 10.2 Å². The second-order valence-electron chi connectivity index (χ2n) is 7.54. The maximum Gasteiger partial charge on any atom is 0.416 e. The van der Waals surface area contributed by atoms with E-state index >= 15 is 0 Å². The minimum atomic E-state index is -4.67. The molecule has 2 aromatic carbocycles. The first-order valence-corrected chi connectivity index (χ1v) is 9.06. The molecule has 1 aliphatic rings. The van der Waals surface area contributed by atoms with Crippen molar-refractivity contribution in [2.24, 2.45) is 0 Å². The molecule has 1 fully saturated rings. The van der Waals surface area contributed by atoms with Gasteiger partial charge in [-0.15, -0.1) is 0 Å². The first kappa shape index (κ1) is 21.4. The smallest absolute Gasteiger partial charge is 0.320 e. The Hall–Kier alpha value is -3.36. The van der Waals surface area contributed by atoms with Gasteiger partial charge in [-0.25, -0.2) is 9.69 Å². The number of hydrogen-bond acceptors (Lipinski definition) is 3. The van der Waals surface area contributed by atoms with Crippen LogP contribution in [0.3, 0.4) is 0 Å². The molecule has 0 saturated carbocycles. The summed E-state index contributed by atoms with van der Waals surface area (Å²) in [5.41, 5.74) is -1.73. The van der Waals surface area contributed by atoms with Crippen LogP contribution < -0.4 is 10.2 Å². The molecule has 1 N–H and O–H groups in total. The Morgan fingerprint density at radius 1 is 1.07 bits per heavy atom. The second kappa shape index (κ2) is 7.16. The monoisotopic (exact) mass is 419 g/mol. The Kier molecular flexibility index (Phi) is 5.09. The molecule has 0 spiro atoms. The molecule has 6 nitrogen and oxygen atoms in total. The molecule has 0 radical (unpaired) electrons. The number of urea groups is 1. The predicted molar refractivity (Wildman–Crippen MR) is 105 cm³/mol. The van der Waals surface area contributed by atoms with Crippen molar-refractivity contribution in [1.82, 2.24) is 4.90 Å². The van der Waals surface area contributed by atoms with E-state index in [-0.39, 0.29) is 16.9 Å². The van der Waals surface area contributed by atoms with E-state index in [2.05, 4.69) is 5.32 Å². The first-order valence-electron chi connectivity index (χ1n) is 9.06. The normalized spacial score (nSPS) is 16.2. The molecule has 158 valence electrons. The number of nitrogens with zero attached hydrogens (tertiary/aromatic N) is 2. The topological polar surface area (TPSA) is 69.7 Å². The van der Waals surface area contributed by atoms with E-state index in [1.165, 1.54) is 31.9 Å². The van der Waals surface area contributed by atoms with E-state index < -0.39 is 35.1 Å². The highest BCUT2D eigenvalue weighted by Crippen LogP contribution is 2.39. The lowest BCUT2D eigenvalue weighted by molar-refractivity contribution is -0.137. The van der Waals surface area contributed by atoms with Gasteiger partial charge in [0, 0.05) is 12.6 Å². The van der Waals surface area contributed by atoms with E-state index in [1.807, 2.05) is 0 Å². The number of likely N-dealkylation sites (N-methyl/N-ethyl adjacent to an activating group) is 1. The van der Waals surface area contributed by atoms with Crippen molar-refractivity contribution < 1.29 is 27.6 Å². The Bertz CT molecular complexity index is 1050. The standard InChI is InChI=1S/C21H20F3N3O3/c1-12-7-5-6-8-14(12)17(28)25-15-11-13(21(22,23)24)9-10-16(15)27-18(29)20(2,3)26(4)19(27)30/h5-11H,1-4H3,(H,25,28). The third kappa shape index (κ3) is 3.51. The Morgan fingerprint density at radius 2 is 1.70 bits per heavy atom. The number of hydrogen-bond donors (Lipinski definition) is 1. The summed E-state index contributed by atoms with van der Waals surface area (Å²) in [6.07, 6.45) is -4.67. The molecule has 9 heteroatoms. The van der Waals surface area contributed by atoms with Crippen LogP contribution in [0.25, 0.3) is 0 Å². The molecule has 0 aliphatic carbocycles. The number of nitrogens with one attached hydrogen (secondary N) is 1. The van der Waals surface area contributed by atoms with Crippen molar-refractivity contribution in [2.45, 2.75) is 32.5 Å². The molecule has 3 rings (SSSR count). The van der Waals surface area contributed by atoms with Crippen molar-refractivity contribution in [2.75, 3.05) is 17.3 Å². The number of carbonyl (C=O) groups is 3. The van der Waals surface area contributed by atoms with Crippen molar-refractivity contribution >= 4 is 29.2 Å². The molecule has 4 amide bonds. The van der Waals surface area contributed by atoms with E-state index in [0.29, 0.717) is 5.56 Å². The molecule has 1 aliphatic heterocycles. The lowest BCUT2D eigenvalue weighted by Crippen LogP contribution is -2.41. The minimum absolute atomic E-state index is 0.127. The average molecular weight is 419 g/mol. The fourth-order valence-electron chi connectivity index (χ4n) is 3.13. The van der Waals surface area contributed by atoms with Crippen LogP contribution in [0.2, 0.25) is 0 Å². The van der Waals surface area contributed by atoms with Gasteiger partial charge >= 0.3 is 12.2 Å². The van der Waals surface area contributed by atoms with Gasteiger partial charge in [0.15, 0.2) is 0 Å². The van der Waals surface area contributed by atoms with E-state index in [1.54, 1.807) is 25.1 Å². The number of carbonyl (C=O) groups excluding carboxylic acids is 3. The van der Waals surface area contributed by atoms with Gasteiger partial charge in [0.2, 0.25) is 0 Å². The third-order valence-corrected chi connectivity index (χ3v) is 5.25. The summed E-state index contributed by atoms with van der Waals surface area (Å²) >= 11 is 0. The summed E-state index contributed by atoms with van der Waals surface area (Å²) in [6, 6.07) is 8.37. The summed E-state index contributed by atoms with van der Waals surface area (Å²) in [4.78, 5) is 40.2. The molecule has 1 saturated heterocycles. The van der Waals surface area contributed by atoms with Crippen molar-refractivity contribution in [3.63, 3.8) is 0 Å². The van der Waals surface area contributed by atoms with Crippen LogP contribution in [0.15, 0.2) is 42.5 Å². The molecule has 1 heterocycles. The van der Waals surface area contributed by atoms with Gasteiger partial charge in [-0.05, 0) is 50.6 Å². The summed E-state index contributed by atoms with van der Waals surface area (Å²) in [7, 11) is 1.43. The lowest BCUT2D eigenvalue weighted by atomic mass is 10.0. The summed E-state index contributed by atoms with van der Waals surface area (Å²) in [6.45, 7) is 4.75. The van der Waals surface area contributed by atoms with E-state index in [0.717, 1.165) is 23.1 Å². The molecule has 2 aromatic rings. The second-order valence-corrected chi connectivity index (χ2v) is 7.54. The molecule has 0 bridgehead atoms. The molecular formula is C21H20F3N3O3. The van der Waals surface area contributed by atoms with Crippen LogP contribution in [0.5, 0.6) is 0 Å². The maximum atomic E-state index is 13.3. The van der Waals surface area contributed by atoms with Gasteiger partial charge in [-0.1, -0.05) is 18.2 Å². The molecular weight excluding hydrogens is 399 g/mol. The lowest BCUT2D eigenvalue weighted by Gasteiger charge is -2.22. The van der Waals surface area contributed by atoms with Crippen LogP contribution in [0.1, 0.15) is 35.3 Å². The first-order chi connectivity index (χ1) is 13.9. The van der Waals surface area contributed by atoms with Crippen LogP contribution >= 0.6 is 0 Å². The number of amides is 4. The van der Waals surface area contributed by atoms with Crippen molar-refractivity contribution in [1.29, 1.82) is 0 Å². The number of anilines is 2. The molecule has 0 aromatic heterocycles. The van der Waals surface area contributed by atoms with Gasteiger partial charge in [0.25, 0.3) is 11.8 Å². The third-order valence-electron chi connectivity index (χ3n) is 5.25. The summed E-state index contributed by atoms with van der Waals surface area (Å²) < 4.78 is 39.8. The van der Waals surface area contributed by atoms with Crippen molar-refractivity contribution in [3.8, 4) is 0 Å². The quantitative estimate of drug-likeness (QED) is 0.748. The molecule has 0 unspecified atom stereocenters. The highest BCUT2D eigenvalue weighted by atomic mass is 19.4. The van der Waals surface area contributed by atoms with Crippen LogP contribution in [0.4, 0.5) is 29.3 Å². The van der Waals surface area contributed by atoms with Gasteiger partial charge in [-0.3, -0.25) is 9.59 Å². The fourth-order valence-corrected chi connectivity index (χ4v) is 3.13. The molecule has 30 heavy (non-hydrogen) atoms. The predicted octanol–water partition coefficient (Wildman–Crippen LogP) is 4.44. The fraction of sp³-hybridized carbons (Fsp3) is 0.286. The van der Waals surface area contributed by atoms with E-state index in [9.17, 15) is 27.6 Å². The highest BCUT2D eigenvalue weighted by molar-refractivity contribution is 6.24. The zero-order valence-corrected chi connectivity index (χ0v) is 16.8. The Morgan fingerprint density at radius 3 is 2.23 bits per heavy atom. The van der Waals surface area contributed by atoms with Crippen LogP contribution in [0, 0.1) is 6.92 Å². The zero-order valence-electron chi connectivity index (χ0n) is 16.8.